The predicted octanol–water partition coefficient (Wildman–Crippen LogP) is 2.99. The van der Waals surface area contributed by atoms with Crippen molar-refractivity contribution in [1.29, 1.82) is 0 Å². The maximum atomic E-state index is 5.47. The van der Waals surface area contributed by atoms with Crippen molar-refractivity contribution in [1.82, 2.24) is 14.5 Å². The van der Waals surface area contributed by atoms with Crippen LogP contribution in [0.15, 0.2) is 30.9 Å². The van der Waals surface area contributed by atoms with Crippen LogP contribution in [0.3, 0.4) is 0 Å². The third-order valence-corrected chi connectivity index (χ3v) is 5.04. The van der Waals surface area contributed by atoms with Gasteiger partial charge in [-0.25, -0.2) is 4.98 Å². The summed E-state index contributed by atoms with van der Waals surface area (Å²) in [5.41, 5.74) is 1.16. The topological polar surface area (TPSA) is 48.8 Å². The highest BCUT2D eigenvalue weighted by Crippen LogP contribution is 2.39. The van der Waals surface area contributed by atoms with Crippen LogP contribution in [0.25, 0.3) is 0 Å². The van der Waals surface area contributed by atoms with Gasteiger partial charge in [-0.3, -0.25) is 4.90 Å². The van der Waals surface area contributed by atoms with Crippen molar-refractivity contribution in [3.63, 3.8) is 0 Å². The first-order chi connectivity index (χ1) is 12.2. The van der Waals surface area contributed by atoms with Crippen LogP contribution >= 0.6 is 0 Å². The molecule has 0 amide bonds. The third-order valence-electron chi connectivity index (χ3n) is 5.04. The lowest BCUT2D eigenvalue weighted by Crippen LogP contribution is -2.40. The SMILES string of the molecule is COc1cc(CN2CC[C@H](C)[C@H](n3ccnc3)C2)cc(OC)c1OC. The first-order valence-corrected chi connectivity index (χ1v) is 8.65. The van der Waals surface area contributed by atoms with Crippen molar-refractivity contribution in [2.75, 3.05) is 34.4 Å². The van der Waals surface area contributed by atoms with Gasteiger partial charge in [0.1, 0.15) is 0 Å². The minimum atomic E-state index is 0.457. The van der Waals surface area contributed by atoms with Crippen molar-refractivity contribution in [3.05, 3.63) is 36.4 Å². The fraction of sp³-hybridized carbons (Fsp3) is 0.526. The maximum absolute atomic E-state index is 5.47. The molecule has 6 nitrogen and oxygen atoms in total. The summed E-state index contributed by atoms with van der Waals surface area (Å²) >= 11 is 0. The second-order valence-corrected chi connectivity index (χ2v) is 6.61. The number of likely N-dealkylation sites (tertiary alicyclic amines) is 1. The molecular weight excluding hydrogens is 318 g/mol. The van der Waals surface area contributed by atoms with Gasteiger partial charge in [0.15, 0.2) is 11.5 Å². The van der Waals surface area contributed by atoms with E-state index in [0.29, 0.717) is 29.2 Å². The fourth-order valence-corrected chi connectivity index (χ4v) is 3.60. The number of imidazole rings is 1. The molecule has 1 aromatic carbocycles. The van der Waals surface area contributed by atoms with Crippen LogP contribution in [0.2, 0.25) is 0 Å². The molecule has 1 saturated heterocycles. The number of ether oxygens (including phenoxy) is 3. The summed E-state index contributed by atoms with van der Waals surface area (Å²) in [6.45, 7) is 5.27. The Morgan fingerprint density at radius 3 is 2.40 bits per heavy atom. The smallest absolute Gasteiger partial charge is 0.203 e. The molecule has 2 atom stereocenters. The van der Waals surface area contributed by atoms with Crippen LogP contribution in [0, 0.1) is 5.92 Å². The molecule has 3 rings (SSSR count). The van der Waals surface area contributed by atoms with Crippen molar-refractivity contribution in [3.8, 4) is 17.2 Å². The quantitative estimate of drug-likeness (QED) is 0.805. The number of methoxy groups -OCH3 is 3. The van der Waals surface area contributed by atoms with E-state index in [1.807, 2.05) is 24.7 Å². The van der Waals surface area contributed by atoms with Crippen LogP contribution < -0.4 is 14.2 Å². The number of benzene rings is 1. The van der Waals surface area contributed by atoms with Crippen molar-refractivity contribution in [2.45, 2.75) is 25.9 Å². The monoisotopic (exact) mass is 345 g/mol. The van der Waals surface area contributed by atoms with E-state index in [2.05, 4.69) is 27.6 Å². The first kappa shape index (κ1) is 17.6. The Bertz CT molecular complexity index is 662. The molecule has 0 unspecified atom stereocenters. The zero-order chi connectivity index (χ0) is 17.8. The average Bonchev–Trinajstić information content (AvgIpc) is 3.16. The normalized spacial score (nSPS) is 21.1. The molecule has 2 heterocycles. The third kappa shape index (κ3) is 3.74. The zero-order valence-corrected chi connectivity index (χ0v) is 15.4. The second kappa shape index (κ2) is 7.78. The molecule has 0 radical (unpaired) electrons. The van der Waals surface area contributed by atoms with Crippen molar-refractivity contribution >= 4 is 0 Å². The summed E-state index contributed by atoms with van der Waals surface area (Å²) in [5, 5.41) is 0. The lowest BCUT2D eigenvalue weighted by Gasteiger charge is -2.37. The highest BCUT2D eigenvalue weighted by Gasteiger charge is 2.27. The van der Waals surface area contributed by atoms with Gasteiger partial charge in [0, 0.05) is 31.5 Å². The number of aromatic nitrogens is 2. The summed E-state index contributed by atoms with van der Waals surface area (Å²) < 4.78 is 18.6. The van der Waals surface area contributed by atoms with Gasteiger partial charge < -0.3 is 18.8 Å². The van der Waals surface area contributed by atoms with Crippen LogP contribution in [0.5, 0.6) is 17.2 Å². The highest BCUT2D eigenvalue weighted by atomic mass is 16.5. The molecule has 0 saturated carbocycles. The minimum Gasteiger partial charge on any atom is -0.493 e. The summed E-state index contributed by atoms with van der Waals surface area (Å²) in [6.07, 6.45) is 7.01. The molecule has 1 aliphatic rings. The molecule has 25 heavy (non-hydrogen) atoms. The maximum Gasteiger partial charge on any atom is 0.203 e. The largest absolute Gasteiger partial charge is 0.493 e. The summed E-state index contributed by atoms with van der Waals surface area (Å²) in [7, 11) is 4.93. The summed E-state index contributed by atoms with van der Waals surface area (Å²) in [6, 6.07) is 4.52. The number of rotatable bonds is 6. The Balaban J connectivity index is 1.78. The van der Waals surface area contributed by atoms with Crippen LogP contribution in [0.1, 0.15) is 24.9 Å². The van der Waals surface area contributed by atoms with Gasteiger partial charge in [0.05, 0.1) is 27.7 Å². The average molecular weight is 345 g/mol. The van der Waals surface area contributed by atoms with E-state index in [4.69, 9.17) is 14.2 Å². The van der Waals surface area contributed by atoms with E-state index in [9.17, 15) is 0 Å². The first-order valence-electron chi connectivity index (χ1n) is 8.65. The molecule has 0 aliphatic carbocycles. The van der Waals surface area contributed by atoms with Gasteiger partial charge in [0.2, 0.25) is 5.75 Å². The Morgan fingerprint density at radius 2 is 1.84 bits per heavy atom. The highest BCUT2D eigenvalue weighted by molar-refractivity contribution is 5.53. The number of hydrogen-bond acceptors (Lipinski definition) is 5. The molecule has 0 spiro atoms. The number of piperidine rings is 1. The van der Waals surface area contributed by atoms with Crippen molar-refractivity contribution < 1.29 is 14.2 Å². The molecule has 1 fully saturated rings. The van der Waals surface area contributed by atoms with Crippen LogP contribution in [0.4, 0.5) is 0 Å². The number of nitrogens with zero attached hydrogens (tertiary/aromatic N) is 3. The van der Waals surface area contributed by atoms with Gasteiger partial charge in [-0.15, -0.1) is 0 Å². The molecule has 0 bridgehead atoms. The Kier molecular flexibility index (Phi) is 5.48. The van der Waals surface area contributed by atoms with Gasteiger partial charge in [-0.1, -0.05) is 6.92 Å². The lowest BCUT2D eigenvalue weighted by molar-refractivity contribution is 0.126. The molecule has 136 valence electrons. The molecular formula is C19H27N3O3. The van der Waals surface area contributed by atoms with E-state index in [0.717, 1.165) is 25.2 Å². The zero-order valence-electron chi connectivity index (χ0n) is 15.4. The Labute approximate surface area is 149 Å². The van der Waals surface area contributed by atoms with Crippen LogP contribution in [-0.2, 0) is 6.54 Å². The lowest BCUT2D eigenvalue weighted by atomic mass is 9.93. The van der Waals surface area contributed by atoms with Gasteiger partial charge >= 0.3 is 0 Å². The van der Waals surface area contributed by atoms with E-state index in [1.165, 1.54) is 6.42 Å². The van der Waals surface area contributed by atoms with Crippen LogP contribution in [-0.4, -0.2) is 48.9 Å². The van der Waals surface area contributed by atoms with Crippen molar-refractivity contribution in [2.24, 2.45) is 5.92 Å². The Hall–Kier alpha value is -2.21. The van der Waals surface area contributed by atoms with Gasteiger partial charge in [0.25, 0.3) is 0 Å². The molecule has 1 aromatic heterocycles. The summed E-state index contributed by atoms with van der Waals surface area (Å²) in [5.74, 6) is 2.68. The van der Waals surface area contributed by atoms with E-state index in [1.54, 1.807) is 21.3 Å². The number of hydrogen-bond donors (Lipinski definition) is 0. The van der Waals surface area contributed by atoms with E-state index in [-0.39, 0.29) is 0 Å². The predicted molar refractivity (Wildman–Crippen MR) is 96.4 cm³/mol. The fourth-order valence-electron chi connectivity index (χ4n) is 3.60. The Morgan fingerprint density at radius 1 is 1.12 bits per heavy atom. The molecule has 2 aromatic rings. The van der Waals surface area contributed by atoms with Gasteiger partial charge in [-0.05, 0) is 36.6 Å². The standard InChI is InChI=1S/C19H27N3O3/c1-14-5-7-21(12-16(14)22-8-6-20-13-22)11-15-9-17(23-2)19(25-4)18(10-15)24-3/h6,8-10,13-14,16H,5,7,11-12H2,1-4H3/t14-,16+/m0/s1. The van der Waals surface area contributed by atoms with Gasteiger partial charge in [-0.2, -0.15) is 0 Å². The molecule has 6 heteroatoms. The van der Waals surface area contributed by atoms with E-state index >= 15 is 0 Å². The summed E-state index contributed by atoms with van der Waals surface area (Å²) in [4.78, 5) is 6.68. The molecule has 1 aliphatic heterocycles. The minimum absolute atomic E-state index is 0.457. The second-order valence-electron chi connectivity index (χ2n) is 6.61. The molecule has 0 N–H and O–H groups in total. The van der Waals surface area contributed by atoms with E-state index < -0.39 is 0 Å².